The third-order valence-corrected chi connectivity index (χ3v) is 3.05. The summed E-state index contributed by atoms with van der Waals surface area (Å²) in [6.45, 7) is 1.34. The van der Waals surface area contributed by atoms with E-state index in [-0.39, 0.29) is 19.8 Å². The Kier molecular flexibility index (Phi) is 5.61. The molecule has 1 heterocycles. The van der Waals surface area contributed by atoms with E-state index in [4.69, 9.17) is 9.84 Å². The molecule has 2 unspecified atom stereocenters. The lowest BCUT2D eigenvalue weighted by molar-refractivity contribution is -0.142. The van der Waals surface area contributed by atoms with Crippen molar-refractivity contribution in [2.75, 3.05) is 26.3 Å². The van der Waals surface area contributed by atoms with Gasteiger partial charge in [-0.15, -0.1) is 0 Å². The van der Waals surface area contributed by atoms with Gasteiger partial charge in [-0.05, 0) is 6.92 Å². The van der Waals surface area contributed by atoms with E-state index in [1.54, 1.807) is 6.92 Å². The van der Waals surface area contributed by atoms with Gasteiger partial charge in [0.1, 0.15) is 5.92 Å². The Morgan fingerprint density at radius 1 is 1.40 bits per heavy atom. The standard InChI is InChI=1S/C11H17F3N2O4/c1-2-16(8-6-20-5-7(8)9(17)18)10(19)15-4-3-11(12,13)14/h7-8H,2-6H2,1H3,(H,15,19)(H,17,18). The average Bonchev–Trinajstić information content (AvgIpc) is 2.77. The van der Waals surface area contributed by atoms with Crippen molar-refractivity contribution in [3.05, 3.63) is 0 Å². The zero-order valence-corrected chi connectivity index (χ0v) is 10.9. The Balaban J connectivity index is 2.56. The van der Waals surface area contributed by atoms with Crippen LogP contribution in [0.2, 0.25) is 0 Å². The largest absolute Gasteiger partial charge is 0.481 e. The number of likely N-dealkylation sites (N-methyl/N-ethyl adjacent to an activating group) is 1. The van der Waals surface area contributed by atoms with Crippen LogP contribution < -0.4 is 5.32 Å². The monoisotopic (exact) mass is 298 g/mol. The number of hydrogen-bond donors (Lipinski definition) is 2. The van der Waals surface area contributed by atoms with Gasteiger partial charge in [0.25, 0.3) is 0 Å². The molecule has 0 spiro atoms. The molecular formula is C11H17F3N2O4. The molecule has 0 bridgehead atoms. The summed E-state index contributed by atoms with van der Waals surface area (Å²) in [6, 6.07) is -1.37. The van der Waals surface area contributed by atoms with Crippen molar-refractivity contribution < 1.29 is 32.6 Å². The Hall–Kier alpha value is -1.51. The van der Waals surface area contributed by atoms with Gasteiger partial charge in [0.05, 0.1) is 25.7 Å². The topological polar surface area (TPSA) is 78.9 Å². The van der Waals surface area contributed by atoms with Crippen LogP contribution in [0, 0.1) is 5.92 Å². The van der Waals surface area contributed by atoms with E-state index in [0.29, 0.717) is 0 Å². The molecule has 20 heavy (non-hydrogen) atoms. The molecule has 1 saturated heterocycles. The number of halogens is 3. The van der Waals surface area contributed by atoms with Gasteiger partial charge in [-0.2, -0.15) is 13.2 Å². The molecule has 0 aliphatic carbocycles. The van der Waals surface area contributed by atoms with E-state index in [1.165, 1.54) is 4.90 Å². The zero-order chi connectivity index (χ0) is 15.3. The number of carbonyl (C=O) groups excluding carboxylic acids is 1. The molecule has 1 aliphatic heterocycles. The van der Waals surface area contributed by atoms with Crippen LogP contribution in [0.25, 0.3) is 0 Å². The van der Waals surface area contributed by atoms with Gasteiger partial charge in [0.15, 0.2) is 0 Å². The molecule has 9 heteroatoms. The molecule has 0 saturated carbocycles. The van der Waals surface area contributed by atoms with Crippen LogP contribution in [0.5, 0.6) is 0 Å². The maximum absolute atomic E-state index is 12.0. The minimum absolute atomic E-state index is 0.00761. The van der Waals surface area contributed by atoms with Gasteiger partial charge < -0.3 is 20.1 Å². The van der Waals surface area contributed by atoms with Crippen molar-refractivity contribution in [1.82, 2.24) is 10.2 Å². The van der Waals surface area contributed by atoms with Gasteiger partial charge in [0.2, 0.25) is 0 Å². The number of aliphatic carboxylic acids is 1. The minimum atomic E-state index is -4.34. The average molecular weight is 298 g/mol. The third kappa shape index (κ3) is 4.55. The number of nitrogens with zero attached hydrogens (tertiary/aromatic N) is 1. The fourth-order valence-corrected chi connectivity index (χ4v) is 2.03. The van der Waals surface area contributed by atoms with Crippen molar-refractivity contribution in [2.24, 2.45) is 5.92 Å². The summed E-state index contributed by atoms with van der Waals surface area (Å²) >= 11 is 0. The summed E-state index contributed by atoms with van der Waals surface area (Å²) in [4.78, 5) is 24.0. The number of rotatable bonds is 5. The summed E-state index contributed by atoms with van der Waals surface area (Å²) in [5.74, 6) is -1.95. The Morgan fingerprint density at radius 3 is 2.55 bits per heavy atom. The van der Waals surface area contributed by atoms with Gasteiger partial charge in [-0.25, -0.2) is 4.79 Å². The predicted octanol–water partition coefficient (Wildman–Crippen LogP) is 1.07. The third-order valence-electron chi connectivity index (χ3n) is 3.05. The molecular weight excluding hydrogens is 281 g/mol. The summed E-state index contributed by atoms with van der Waals surface area (Å²) in [5.41, 5.74) is 0. The number of ether oxygens (including phenoxy) is 1. The van der Waals surface area contributed by atoms with E-state index >= 15 is 0 Å². The van der Waals surface area contributed by atoms with Gasteiger partial charge in [0, 0.05) is 13.1 Å². The Labute approximate surface area is 113 Å². The first-order valence-corrected chi connectivity index (χ1v) is 6.18. The van der Waals surface area contributed by atoms with Crippen LogP contribution in [0.4, 0.5) is 18.0 Å². The van der Waals surface area contributed by atoms with Crippen molar-refractivity contribution in [3.63, 3.8) is 0 Å². The van der Waals surface area contributed by atoms with Crippen molar-refractivity contribution >= 4 is 12.0 Å². The maximum Gasteiger partial charge on any atom is 0.390 e. The van der Waals surface area contributed by atoms with Crippen molar-refractivity contribution in [3.8, 4) is 0 Å². The molecule has 1 aliphatic rings. The van der Waals surface area contributed by atoms with E-state index in [2.05, 4.69) is 5.32 Å². The highest BCUT2D eigenvalue weighted by atomic mass is 19.4. The lowest BCUT2D eigenvalue weighted by Gasteiger charge is -2.29. The van der Waals surface area contributed by atoms with E-state index in [9.17, 15) is 22.8 Å². The predicted molar refractivity (Wildman–Crippen MR) is 62.2 cm³/mol. The van der Waals surface area contributed by atoms with Crippen LogP contribution in [0.3, 0.4) is 0 Å². The summed E-state index contributed by atoms with van der Waals surface area (Å²) in [7, 11) is 0. The van der Waals surface area contributed by atoms with Gasteiger partial charge >= 0.3 is 18.2 Å². The van der Waals surface area contributed by atoms with Gasteiger partial charge in [-0.1, -0.05) is 0 Å². The molecule has 2 N–H and O–H groups in total. The van der Waals surface area contributed by atoms with E-state index < -0.39 is 43.1 Å². The summed E-state index contributed by atoms with van der Waals surface area (Å²) in [6.07, 6.45) is -5.47. The van der Waals surface area contributed by atoms with Crippen molar-refractivity contribution in [2.45, 2.75) is 25.6 Å². The highest BCUT2D eigenvalue weighted by molar-refractivity contribution is 5.77. The molecule has 116 valence electrons. The molecule has 0 radical (unpaired) electrons. The second kappa shape index (κ2) is 6.78. The number of alkyl halides is 3. The summed E-state index contributed by atoms with van der Waals surface area (Å²) in [5, 5.41) is 11.2. The number of urea groups is 1. The molecule has 0 aromatic heterocycles. The molecule has 6 nitrogen and oxygen atoms in total. The number of carboxylic acids is 1. The Bertz CT molecular complexity index is 362. The lowest BCUT2D eigenvalue weighted by Crippen LogP contribution is -2.50. The SMILES string of the molecule is CCN(C(=O)NCCC(F)(F)F)C1COCC1C(=O)O. The highest BCUT2D eigenvalue weighted by Crippen LogP contribution is 2.21. The second-order valence-corrected chi connectivity index (χ2v) is 4.43. The number of nitrogens with one attached hydrogen (secondary N) is 1. The number of amides is 2. The fraction of sp³-hybridized carbons (Fsp3) is 0.818. The van der Waals surface area contributed by atoms with E-state index in [1.807, 2.05) is 0 Å². The first-order chi connectivity index (χ1) is 9.26. The first kappa shape index (κ1) is 16.5. The van der Waals surface area contributed by atoms with Crippen LogP contribution in [-0.4, -0.2) is 60.5 Å². The smallest absolute Gasteiger partial charge is 0.390 e. The molecule has 1 fully saturated rings. The molecule has 0 aromatic rings. The quantitative estimate of drug-likeness (QED) is 0.796. The molecule has 2 amide bonds. The highest BCUT2D eigenvalue weighted by Gasteiger charge is 2.39. The minimum Gasteiger partial charge on any atom is -0.481 e. The van der Waals surface area contributed by atoms with Crippen LogP contribution in [-0.2, 0) is 9.53 Å². The van der Waals surface area contributed by atoms with E-state index in [0.717, 1.165) is 0 Å². The fourth-order valence-electron chi connectivity index (χ4n) is 2.03. The lowest BCUT2D eigenvalue weighted by atomic mass is 10.0. The normalized spacial score (nSPS) is 22.6. The second-order valence-electron chi connectivity index (χ2n) is 4.43. The molecule has 0 aromatic carbocycles. The zero-order valence-electron chi connectivity index (χ0n) is 10.9. The molecule has 1 rings (SSSR count). The summed E-state index contributed by atoms with van der Waals surface area (Å²) < 4.78 is 41.0. The molecule has 2 atom stereocenters. The van der Waals surface area contributed by atoms with Crippen LogP contribution >= 0.6 is 0 Å². The first-order valence-electron chi connectivity index (χ1n) is 6.18. The number of hydrogen-bond acceptors (Lipinski definition) is 3. The Morgan fingerprint density at radius 2 is 2.05 bits per heavy atom. The van der Waals surface area contributed by atoms with Crippen LogP contribution in [0.1, 0.15) is 13.3 Å². The number of carboxylic acid groups (broad SMARTS) is 1. The maximum atomic E-state index is 12.0. The number of carbonyl (C=O) groups is 2. The van der Waals surface area contributed by atoms with Crippen LogP contribution in [0.15, 0.2) is 0 Å². The van der Waals surface area contributed by atoms with Crippen molar-refractivity contribution in [1.29, 1.82) is 0 Å². The van der Waals surface area contributed by atoms with Gasteiger partial charge in [-0.3, -0.25) is 4.79 Å².